The van der Waals surface area contributed by atoms with Gasteiger partial charge in [0.25, 0.3) is 11.8 Å². The Bertz CT molecular complexity index is 1800. The number of para-hydroxylation sites is 1. The maximum Gasteiger partial charge on any atom is 0.260 e. The average Bonchev–Trinajstić information content (AvgIpc) is 3.28. The molecule has 2 amide bonds. The number of ether oxygens (including phenoxy) is 1. The van der Waals surface area contributed by atoms with Crippen LogP contribution < -0.4 is 15.4 Å². The van der Waals surface area contributed by atoms with Crippen molar-refractivity contribution >= 4 is 40.8 Å². The monoisotopic (exact) mass is 544 g/mol. The Morgan fingerprint density at radius 1 is 0.927 bits per heavy atom. The zero-order valence-corrected chi connectivity index (χ0v) is 23.6. The summed E-state index contributed by atoms with van der Waals surface area (Å²) in [5, 5.41) is 0.888. The van der Waals surface area contributed by atoms with E-state index < -0.39 is 5.91 Å². The van der Waals surface area contributed by atoms with Crippen molar-refractivity contribution in [1.29, 1.82) is 0 Å². The van der Waals surface area contributed by atoms with E-state index in [1.807, 2.05) is 87.5 Å². The van der Waals surface area contributed by atoms with E-state index in [4.69, 9.17) is 10.5 Å². The zero-order valence-electron chi connectivity index (χ0n) is 23.6. The minimum Gasteiger partial charge on any atom is -0.488 e. The molecule has 0 unspecified atom stereocenters. The number of H-pyrrole nitrogens is 1. The summed E-state index contributed by atoms with van der Waals surface area (Å²) in [6, 6.07) is 24.6. The number of aliphatic imine (C=N–C) groups is 1. The fraction of sp³-hybridized carbons (Fsp3) is 0.147. The Labute approximate surface area is 239 Å². The van der Waals surface area contributed by atoms with E-state index in [1.165, 1.54) is 0 Å². The number of aromatic nitrogens is 1. The molecule has 0 saturated carbocycles. The maximum absolute atomic E-state index is 13.6. The molecular weight excluding hydrogens is 512 g/mol. The first kappa shape index (κ1) is 27.4. The molecular formula is C34H32N4O3. The van der Waals surface area contributed by atoms with Gasteiger partial charge in [-0.05, 0) is 79.6 Å². The van der Waals surface area contributed by atoms with Crippen LogP contribution in [0.25, 0.3) is 22.0 Å². The van der Waals surface area contributed by atoms with Crippen LogP contribution in [0.1, 0.15) is 43.1 Å². The molecule has 0 aliphatic carbocycles. The number of benzene rings is 4. The number of hydrogen-bond acceptors (Lipinski definition) is 4. The quantitative estimate of drug-likeness (QED) is 0.205. The van der Waals surface area contributed by atoms with Crippen molar-refractivity contribution in [2.45, 2.75) is 27.4 Å². The molecule has 0 spiro atoms. The van der Waals surface area contributed by atoms with Gasteiger partial charge in [-0.15, -0.1) is 0 Å². The Morgan fingerprint density at radius 2 is 1.63 bits per heavy atom. The normalized spacial score (nSPS) is 10.9. The minimum absolute atomic E-state index is 0.192. The number of aryl methyl sites for hydroxylation is 2. The van der Waals surface area contributed by atoms with E-state index in [0.29, 0.717) is 28.1 Å². The van der Waals surface area contributed by atoms with E-state index in [2.05, 4.69) is 16.7 Å². The number of nitrogens with two attached hydrogens (primary N) is 1. The number of carbonyl (C=O) groups is 2. The van der Waals surface area contributed by atoms with Crippen molar-refractivity contribution in [2.24, 2.45) is 10.7 Å². The van der Waals surface area contributed by atoms with E-state index in [-0.39, 0.29) is 12.5 Å². The molecule has 0 fully saturated rings. The molecule has 0 aliphatic heterocycles. The van der Waals surface area contributed by atoms with Crippen molar-refractivity contribution in [3.05, 3.63) is 112 Å². The van der Waals surface area contributed by atoms with Crippen molar-refractivity contribution in [3.8, 4) is 16.9 Å². The van der Waals surface area contributed by atoms with Crippen LogP contribution in [0.5, 0.6) is 5.75 Å². The van der Waals surface area contributed by atoms with E-state index in [9.17, 15) is 9.59 Å². The molecule has 1 aromatic heterocycles. The predicted molar refractivity (Wildman–Crippen MR) is 166 cm³/mol. The van der Waals surface area contributed by atoms with E-state index in [0.717, 1.165) is 44.6 Å². The van der Waals surface area contributed by atoms with Crippen LogP contribution >= 0.6 is 0 Å². The summed E-state index contributed by atoms with van der Waals surface area (Å²) in [4.78, 5) is 35.3. The van der Waals surface area contributed by atoms with Crippen molar-refractivity contribution in [3.63, 3.8) is 0 Å². The molecule has 0 atom stereocenters. The molecule has 0 saturated heterocycles. The molecule has 5 rings (SSSR count). The highest BCUT2D eigenvalue weighted by Crippen LogP contribution is 2.42. The number of nitrogens with zero attached hydrogens (tertiary/aromatic N) is 2. The van der Waals surface area contributed by atoms with Gasteiger partial charge in [0, 0.05) is 23.8 Å². The Morgan fingerprint density at radius 3 is 2.34 bits per heavy atom. The SMILES string of the molecule is C=Nc1ccccc1C(=O)N(C)c1cccc(-c2cc(OCc3ccccc3)c(C(N)=O)c3[nH]c(C)c(C)c23)c1C. The number of primary amides is 1. The molecule has 3 N–H and O–H groups in total. The molecule has 7 nitrogen and oxygen atoms in total. The van der Waals surface area contributed by atoms with Crippen LogP contribution in [0.2, 0.25) is 0 Å². The van der Waals surface area contributed by atoms with Gasteiger partial charge < -0.3 is 20.4 Å². The van der Waals surface area contributed by atoms with Crippen LogP contribution in [0, 0.1) is 20.8 Å². The molecule has 0 aliphatic rings. The van der Waals surface area contributed by atoms with Crippen LogP contribution in [-0.4, -0.2) is 30.6 Å². The number of rotatable bonds is 8. The maximum atomic E-state index is 13.6. The highest BCUT2D eigenvalue weighted by molar-refractivity contribution is 6.14. The fourth-order valence-electron chi connectivity index (χ4n) is 5.31. The minimum atomic E-state index is -0.573. The van der Waals surface area contributed by atoms with Gasteiger partial charge in [0.05, 0.1) is 16.8 Å². The Kier molecular flexibility index (Phi) is 7.44. The summed E-state index contributed by atoms with van der Waals surface area (Å²) in [6.45, 7) is 9.85. The molecule has 41 heavy (non-hydrogen) atoms. The highest BCUT2D eigenvalue weighted by Gasteiger charge is 2.25. The highest BCUT2D eigenvalue weighted by atomic mass is 16.5. The number of aromatic amines is 1. The predicted octanol–water partition coefficient (Wildman–Crippen LogP) is 7.05. The molecule has 7 heteroatoms. The summed E-state index contributed by atoms with van der Waals surface area (Å²) < 4.78 is 6.24. The smallest absolute Gasteiger partial charge is 0.260 e. The number of nitrogens with one attached hydrogen (secondary N) is 1. The van der Waals surface area contributed by atoms with Gasteiger partial charge in [0.1, 0.15) is 17.9 Å². The molecule has 1 heterocycles. The lowest BCUT2D eigenvalue weighted by Crippen LogP contribution is -2.27. The second kappa shape index (κ2) is 11.1. The topological polar surface area (TPSA) is 101 Å². The Hall–Kier alpha value is -5.17. The number of amides is 2. The summed E-state index contributed by atoms with van der Waals surface area (Å²) in [5.41, 5.74) is 14.2. The molecule has 5 aromatic rings. The van der Waals surface area contributed by atoms with Crippen molar-refractivity contribution < 1.29 is 14.3 Å². The van der Waals surface area contributed by atoms with Crippen LogP contribution in [-0.2, 0) is 6.61 Å². The summed E-state index contributed by atoms with van der Waals surface area (Å²) >= 11 is 0. The van der Waals surface area contributed by atoms with Gasteiger partial charge in [-0.3, -0.25) is 14.6 Å². The van der Waals surface area contributed by atoms with Crippen LogP contribution in [0.4, 0.5) is 11.4 Å². The molecule has 4 aromatic carbocycles. The van der Waals surface area contributed by atoms with Crippen molar-refractivity contribution in [2.75, 3.05) is 11.9 Å². The lowest BCUT2D eigenvalue weighted by molar-refractivity contribution is 0.0987. The van der Waals surface area contributed by atoms with Gasteiger partial charge >= 0.3 is 0 Å². The second-order valence-corrected chi connectivity index (χ2v) is 10.0. The molecule has 206 valence electrons. The van der Waals surface area contributed by atoms with Gasteiger partial charge in [-0.2, -0.15) is 0 Å². The van der Waals surface area contributed by atoms with Gasteiger partial charge in [0.2, 0.25) is 0 Å². The lowest BCUT2D eigenvalue weighted by Gasteiger charge is -2.23. The first-order valence-electron chi connectivity index (χ1n) is 13.3. The largest absolute Gasteiger partial charge is 0.488 e. The summed E-state index contributed by atoms with van der Waals surface area (Å²) in [7, 11) is 1.75. The van der Waals surface area contributed by atoms with Gasteiger partial charge in [0.15, 0.2) is 0 Å². The van der Waals surface area contributed by atoms with Gasteiger partial charge in [-0.1, -0.05) is 54.6 Å². The van der Waals surface area contributed by atoms with Crippen LogP contribution in [0.3, 0.4) is 0 Å². The Balaban J connectivity index is 1.67. The lowest BCUT2D eigenvalue weighted by atomic mass is 9.92. The third kappa shape index (κ3) is 4.98. The molecule has 0 radical (unpaired) electrons. The molecule has 0 bridgehead atoms. The number of fused-ring (bicyclic) bond motifs is 1. The van der Waals surface area contributed by atoms with E-state index >= 15 is 0 Å². The van der Waals surface area contributed by atoms with Crippen LogP contribution in [0.15, 0.2) is 83.9 Å². The summed E-state index contributed by atoms with van der Waals surface area (Å²) in [5.74, 6) is -0.371. The summed E-state index contributed by atoms with van der Waals surface area (Å²) in [6.07, 6.45) is 0. The van der Waals surface area contributed by atoms with E-state index in [1.54, 1.807) is 24.1 Å². The third-order valence-electron chi connectivity index (χ3n) is 7.59. The van der Waals surface area contributed by atoms with Crippen molar-refractivity contribution in [1.82, 2.24) is 4.98 Å². The zero-order chi connectivity index (χ0) is 29.3. The second-order valence-electron chi connectivity index (χ2n) is 10.0. The third-order valence-corrected chi connectivity index (χ3v) is 7.59. The fourth-order valence-corrected chi connectivity index (χ4v) is 5.31. The number of anilines is 1. The average molecular weight is 545 g/mol. The number of carbonyl (C=O) groups excluding carboxylic acids is 2. The first-order valence-corrected chi connectivity index (χ1v) is 13.3. The number of hydrogen-bond donors (Lipinski definition) is 2. The van der Waals surface area contributed by atoms with Gasteiger partial charge in [-0.25, -0.2) is 0 Å². The first-order chi connectivity index (χ1) is 19.7. The standard InChI is InChI=1S/C34H32N4O3/c1-20-22(3)37-32-30(20)26(18-29(31(32)33(35)39)41-19-23-12-7-6-8-13-23)24-15-11-17-28(21(24)2)38(5)34(40)25-14-9-10-16-27(25)36-4/h6-18,37H,4,19H2,1-3,5H3,(H2,35,39).